The van der Waals surface area contributed by atoms with Crippen molar-refractivity contribution in [3.63, 3.8) is 0 Å². The minimum absolute atomic E-state index is 0. The lowest BCUT2D eigenvalue weighted by molar-refractivity contribution is -0.0505. The number of nitrogens with zero attached hydrogens (tertiary/aromatic N) is 2. The van der Waals surface area contributed by atoms with E-state index in [1.165, 1.54) is 13.2 Å². The Morgan fingerprint density at radius 1 is 1.28 bits per heavy atom. The summed E-state index contributed by atoms with van der Waals surface area (Å²) in [7, 11) is 3.15. The normalized spacial score (nSPS) is 12.3. The number of benzene rings is 1. The molecule has 1 atom stereocenters. The van der Waals surface area contributed by atoms with E-state index >= 15 is 0 Å². The Morgan fingerprint density at radius 3 is 2.55 bits per heavy atom. The topological polar surface area (TPSA) is 80.9 Å². The molecular formula is C19H27F2IN4O3. The molecule has 0 bridgehead atoms. The highest BCUT2D eigenvalue weighted by atomic mass is 127. The van der Waals surface area contributed by atoms with Gasteiger partial charge in [-0.2, -0.15) is 8.78 Å². The maximum Gasteiger partial charge on any atom is 0.387 e. The number of aliphatic imine (C=N–C) groups is 1. The van der Waals surface area contributed by atoms with Crippen molar-refractivity contribution in [3.05, 3.63) is 40.8 Å². The summed E-state index contributed by atoms with van der Waals surface area (Å²) < 4.78 is 40.2. The summed E-state index contributed by atoms with van der Waals surface area (Å²) in [5.74, 6) is 2.11. The predicted molar refractivity (Wildman–Crippen MR) is 118 cm³/mol. The SMILES string of the molecule is CN=C(NCc1cc(OC)ccc1OC(F)F)NCC(C)c1c(C)noc1C.I. The lowest BCUT2D eigenvalue weighted by Crippen LogP contribution is -2.38. The number of ether oxygens (including phenoxy) is 2. The third-order valence-electron chi connectivity index (χ3n) is 4.31. The van der Waals surface area contributed by atoms with E-state index in [0.717, 1.165) is 17.0 Å². The van der Waals surface area contributed by atoms with Crippen LogP contribution in [0.15, 0.2) is 27.7 Å². The number of nitrogens with one attached hydrogen (secondary N) is 2. The van der Waals surface area contributed by atoms with E-state index < -0.39 is 6.61 Å². The zero-order chi connectivity index (χ0) is 20.7. The number of hydrogen-bond donors (Lipinski definition) is 2. The molecule has 1 aromatic carbocycles. The molecule has 1 aromatic heterocycles. The first-order valence-electron chi connectivity index (χ1n) is 8.84. The van der Waals surface area contributed by atoms with E-state index in [0.29, 0.717) is 23.8 Å². The average molecular weight is 524 g/mol. The van der Waals surface area contributed by atoms with Crippen LogP contribution in [0, 0.1) is 13.8 Å². The number of aryl methyl sites for hydroxylation is 2. The van der Waals surface area contributed by atoms with Crippen LogP contribution in [0.4, 0.5) is 8.78 Å². The molecule has 1 unspecified atom stereocenters. The monoisotopic (exact) mass is 524 g/mol. The van der Waals surface area contributed by atoms with Crippen LogP contribution in [-0.4, -0.2) is 38.4 Å². The summed E-state index contributed by atoms with van der Waals surface area (Å²) in [5, 5.41) is 10.3. The molecule has 0 saturated heterocycles. The second-order valence-corrected chi connectivity index (χ2v) is 6.30. The fourth-order valence-electron chi connectivity index (χ4n) is 2.98. The summed E-state index contributed by atoms with van der Waals surface area (Å²) in [5.41, 5.74) is 2.45. The van der Waals surface area contributed by atoms with Crippen LogP contribution in [0.3, 0.4) is 0 Å². The highest BCUT2D eigenvalue weighted by Crippen LogP contribution is 2.26. The Balaban J connectivity index is 0.00000420. The van der Waals surface area contributed by atoms with Crippen LogP contribution < -0.4 is 20.1 Å². The van der Waals surface area contributed by atoms with Crippen molar-refractivity contribution in [2.45, 2.75) is 39.8 Å². The molecule has 29 heavy (non-hydrogen) atoms. The Kier molecular flexibility index (Phi) is 10.1. The van der Waals surface area contributed by atoms with Crippen molar-refractivity contribution < 1.29 is 22.8 Å². The predicted octanol–water partition coefficient (Wildman–Crippen LogP) is 3.99. The second-order valence-electron chi connectivity index (χ2n) is 6.30. The van der Waals surface area contributed by atoms with Crippen molar-refractivity contribution in [1.29, 1.82) is 0 Å². The Morgan fingerprint density at radius 2 is 2.00 bits per heavy atom. The molecule has 0 aliphatic carbocycles. The third-order valence-corrected chi connectivity index (χ3v) is 4.31. The molecular weight excluding hydrogens is 497 g/mol. The van der Waals surface area contributed by atoms with E-state index in [4.69, 9.17) is 9.26 Å². The van der Waals surface area contributed by atoms with Crippen LogP contribution in [0.2, 0.25) is 0 Å². The molecule has 0 fully saturated rings. The van der Waals surface area contributed by atoms with Crippen molar-refractivity contribution in [1.82, 2.24) is 15.8 Å². The molecule has 0 amide bonds. The van der Waals surface area contributed by atoms with Gasteiger partial charge >= 0.3 is 6.61 Å². The van der Waals surface area contributed by atoms with E-state index in [9.17, 15) is 8.78 Å². The molecule has 0 spiro atoms. The molecule has 2 rings (SSSR count). The van der Waals surface area contributed by atoms with Gasteiger partial charge < -0.3 is 24.6 Å². The van der Waals surface area contributed by atoms with Gasteiger partial charge in [-0.25, -0.2) is 0 Å². The van der Waals surface area contributed by atoms with Gasteiger partial charge in [0.15, 0.2) is 5.96 Å². The smallest absolute Gasteiger partial charge is 0.387 e. The molecule has 2 N–H and O–H groups in total. The van der Waals surface area contributed by atoms with Crippen molar-refractivity contribution >= 4 is 29.9 Å². The molecule has 7 nitrogen and oxygen atoms in total. The van der Waals surface area contributed by atoms with E-state index in [1.807, 2.05) is 13.8 Å². The Bertz CT molecular complexity index is 795. The van der Waals surface area contributed by atoms with E-state index in [-0.39, 0.29) is 42.2 Å². The number of rotatable bonds is 8. The molecule has 0 aliphatic heterocycles. The third kappa shape index (κ3) is 7.02. The first kappa shape index (κ1) is 24.9. The van der Waals surface area contributed by atoms with Gasteiger partial charge in [0.2, 0.25) is 0 Å². The van der Waals surface area contributed by atoms with Crippen LogP contribution in [0.5, 0.6) is 11.5 Å². The van der Waals surface area contributed by atoms with Crippen LogP contribution in [0.25, 0.3) is 0 Å². The Labute approximate surface area is 186 Å². The highest BCUT2D eigenvalue weighted by molar-refractivity contribution is 14.0. The fourth-order valence-corrected chi connectivity index (χ4v) is 2.98. The molecule has 0 saturated carbocycles. The summed E-state index contributed by atoms with van der Waals surface area (Å²) in [4.78, 5) is 4.17. The van der Waals surface area contributed by atoms with Crippen molar-refractivity contribution in [3.8, 4) is 11.5 Å². The van der Waals surface area contributed by atoms with Crippen LogP contribution >= 0.6 is 24.0 Å². The first-order valence-corrected chi connectivity index (χ1v) is 8.84. The van der Waals surface area contributed by atoms with Gasteiger partial charge in [-0.05, 0) is 32.0 Å². The standard InChI is InChI=1S/C19H26F2N4O3.HI/c1-11(17-12(2)25-28-13(17)3)9-23-19(22-4)24-10-14-8-15(26-5)6-7-16(14)27-18(20)21;/h6-8,11,18H,9-10H2,1-5H3,(H2,22,23,24);1H. The van der Waals surface area contributed by atoms with Crippen molar-refractivity contribution in [2.75, 3.05) is 20.7 Å². The minimum Gasteiger partial charge on any atom is -0.497 e. The van der Waals surface area contributed by atoms with Gasteiger partial charge in [0.05, 0.1) is 12.8 Å². The summed E-state index contributed by atoms with van der Waals surface area (Å²) in [6.45, 7) is 3.78. The molecule has 10 heteroatoms. The summed E-state index contributed by atoms with van der Waals surface area (Å²) >= 11 is 0. The molecule has 1 heterocycles. The fraction of sp³-hybridized carbons (Fsp3) is 0.474. The largest absolute Gasteiger partial charge is 0.497 e. The lowest BCUT2D eigenvalue weighted by Gasteiger charge is -2.17. The summed E-state index contributed by atoms with van der Waals surface area (Å²) in [6, 6.07) is 4.67. The molecule has 0 aliphatic rings. The van der Waals surface area contributed by atoms with Gasteiger partial charge in [0.1, 0.15) is 17.3 Å². The highest BCUT2D eigenvalue weighted by Gasteiger charge is 2.17. The van der Waals surface area contributed by atoms with E-state index in [2.05, 4.69) is 32.4 Å². The maximum absolute atomic E-state index is 12.6. The minimum atomic E-state index is -2.90. The number of hydrogen-bond acceptors (Lipinski definition) is 5. The van der Waals surface area contributed by atoms with Gasteiger partial charge in [-0.1, -0.05) is 12.1 Å². The zero-order valence-corrected chi connectivity index (χ0v) is 19.4. The number of guanidine groups is 1. The maximum atomic E-state index is 12.6. The van der Waals surface area contributed by atoms with Gasteiger partial charge in [0, 0.05) is 37.2 Å². The lowest BCUT2D eigenvalue weighted by atomic mass is 10.00. The van der Waals surface area contributed by atoms with Crippen LogP contribution in [-0.2, 0) is 6.54 Å². The molecule has 2 aromatic rings. The van der Waals surface area contributed by atoms with Gasteiger partial charge in [-0.3, -0.25) is 4.99 Å². The number of halogens is 3. The second kappa shape index (κ2) is 11.8. The zero-order valence-electron chi connectivity index (χ0n) is 17.1. The molecule has 162 valence electrons. The number of methoxy groups -OCH3 is 1. The Hall–Kier alpha value is -2.11. The first-order chi connectivity index (χ1) is 13.3. The van der Waals surface area contributed by atoms with Gasteiger partial charge in [-0.15, -0.1) is 24.0 Å². The molecule has 0 radical (unpaired) electrons. The number of aromatic nitrogens is 1. The summed E-state index contributed by atoms with van der Waals surface area (Å²) in [6.07, 6.45) is 0. The van der Waals surface area contributed by atoms with Gasteiger partial charge in [0.25, 0.3) is 0 Å². The quantitative estimate of drug-likeness (QED) is 0.309. The van der Waals surface area contributed by atoms with Crippen molar-refractivity contribution in [2.24, 2.45) is 4.99 Å². The average Bonchev–Trinajstić information content (AvgIpc) is 3.00. The number of alkyl halides is 2. The van der Waals surface area contributed by atoms with E-state index in [1.54, 1.807) is 19.2 Å². The van der Waals surface area contributed by atoms with Crippen LogP contribution in [0.1, 0.15) is 35.4 Å².